The van der Waals surface area contributed by atoms with Crippen molar-refractivity contribution in [2.45, 2.75) is 53.9 Å². The van der Waals surface area contributed by atoms with Crippen molar-refractivity contribution in [2.24, 2.45) is 5.41 Å². The minimum absolute atomic E-state index is 0.136. The fourth-order valence-electron chi connectivity index (χ4n) is 3.93. The lowest BCUT2D eigenvalue weighted by atomic mass is 9.68. The standard InChI is InChI=1S/C23H30O2/c1-8-9-23(6,7)20(18-12-14(2)10-16(4)21(18)24)19-13-15(3)11-17(5)22(19)25/h8,10-13,20,24-25H,1,9H2,2-7H3. The van der Waals surface area contributed by atoms with E-state index in [1.54, 1.807) is 0 Å². The highest BCUT2D eigenvalue weighted by molar-refractivity contribution is 5.54. The molecule has 2 heteroatoms. The normalized spacial score (nSPS) is 11.8. The summed E-state index contributed by atoms with van der Waals surface area (Å²) in [6.45, 7) is 16.1. The smallest absolute Gasteiger partial charge is 0.122 e. The van der Waals surface area contributed by atoms with Gasteiger partial charge in [0.15, 0.2) is 0 Å². The molecule has 2 rings (SSSR count). The molecule has 0 atom stereocenters. The van der Waals surface area contributed by atoms with E-state index in [4.69, 9.17) is 0 Å². The zero-order valence-corrected chi connectivity index (χ0v) is 16.3. The van der Waals surface area contributed by atoms with E-state index < -0.39 is 0 Å². The molecule has 2 N–H and O–H groups in total. The van der Waals surface area contributed by atoms with E-state index in [1.807, 2.05) is 58.0 Å². The number of phenolic OH excluding ortho intramolecular Hbond substituents is 2. The van der Waals surface area contributed by atoms with Crippen LogP contribution in [-0.2, 0) is 0 Å². The third-order valence-electron chi connectivity index (χ3n) is 5.02. The van der Waals surface area contributed by atoms with Gasteiger partial charge in [-0.25, -0.2) is 0 Å². The molecule has 2 nitrogen and oxygen atoms in total. The van der Waals surface area contributed by atoms with Gasteiger partial charge in [-0.3, -0.25) is 0 Å². The first-order chi connectivity index (χ1) is 11.6. The number of phenols is 2. The van der Waals surface area contributed by atoms with E-state index >= 15 is 0 Å². The highest BCUT2D eigenvalue weighted by atomic mass is 16.3. The van der Waals surface area contributed by atoms with E-state index in [-0.39, 0.29) is 11.3 Å². The van der Waals surface area contributed by atoms with Gasteiger partial charge in [0.2, 0.25) is 0 Å². The first-order valence-electron chi connectivity index (χ1n) is 8.79. The van der Waals surface area contributed by atoms with Gasteiger partial charge >= 0.3 is 0 Å². The lowest BCUT2D eigenvalue weighted by Gasteiger charge is -2.36. The van der Waals surface area contributed by atoms with Gasteiger partial charge in [-0.1, -0.05) is 55.3 Å². The van der Waals surface area contributed by atoms with E-state index in [2.05, 4.69) is 20.4 Å². The van der Waals surface area contributed by atoms with Crippen molar-refractivity contribution >= 4 is 0 Å². The second kappa shape index (κ2) is 6.95. The van der Waals surface area contributed by atoms with Crippen molar-refractivity contribution in [3.8, 4) is 11.5 Å². The lowest BCUT2D eigenvalue weighted by molar-refractivity contribution is 0.307. The van der Waals surface area contributed by atoms with Crippen molar-refractivity contribution in [1.82, 2.24) is 0 Å². The molecule has 2 aromatic rings. The third-order valence-corrected chi connectivity index (χ3v) is 5.02. The molecule has 0 spiro atoms. The highest BCUT2D eigenvalue weighted by Crippen LogP contribution is 2.50. The quantitative estimate of drug-likeness (QED) is 0.650. The summed E-state index contributed by atoms with van der Waals surface area (Å²) in [7, 11) is 0. The summed E-state index contributed by atoms with van der Waals surface area (Å²) >= 11 is 0. The number of hydrogen-bond donors (Lipinski definition) is 2. The average Bonchev–Trinajstić information content (AvgIpc) is 2.48. The lowest BCUT2D eigenvalue weighted by Crippen LogP contribution is -2.23. The predicted molar refractivity (Wildman–Crippen MR) is 106 cm³/mol. The highest BCUT2D eigenvalue weighted by Gasteiger charge is 2.35. The Kier molecular flexibility index (Phi) is 5.31. The van der Waals surface area contributed by atoms with Crippen LogP contribution in [0.25, 0.3) is 0 Å². The van der Waals surface area contributed by atoms with E-state index in [9.17, 15) is 10.2 Å². The molecule has 0 heterocycles. The average molecular weight is 338 g/mol. The summed E-state index contributed by atoms with van der Waals surface area (Å²) in [5, 5.41) is 21.6. The van der Waals surface area contributed by atoms with Crippen molar-refractivity contribution in [3.63, 3.8) is 0 Å². The summed E-state index contributed by atoms with van der Waals surface area (Å²) in [5.41, 5.74) is 5.45. The zero-order valence-electron chi connectivity index (χ0n) is 16.3. The Balaban J connectivity index is 2.83. The SMILES string of the molecule is C=CCC(C)(C)C(c1cc(C)cc(C)c1O)c1cc(C)cc(C)c1O. The predicted octanol–water partition coefficient (Wildman–Crippen LogP) is 6.07. The van der Waals surface area contributed by atoms with E-state index in [0.29, 0.717) is 11.5 Å². The zero-order chi connectivity index (χ0) is 18.9. The molecule has 0 aromatic heterocycles. The molecule has 0 aliphatic heterocycles. The Bertz CT molecular complexity index is 743. The number of rotatable bonds is 5. The molecule has 0 saturated carbocycles. The second-order valence-corrected chi connectivity index (χ2v) is 7.95. The van der Waals surface area contributed by atoms with Crippen LogP contribution in [0, 0.1) is 33.1 Å². The molecule has 0 fully saturated rings. The number of hydrogen-bond acceptors (Lipinski definition) is 2. The maximum Gasteiger partial charge on any atom is 0.122 e. The first kappa shape index (κ1) is 19.1. The van der Waals surface area contributed by atoms with Gasteiger partial charge in [-0.2, -0.15) is 0 Å². The molecular weight excluding hydrogens is 308 g/mol. The Labute approximate surface area is 151 Å². The van der Waals surface area contributed by atoms with Gasteiger partial charge < -0.3 is 10.2 Å². The minimum Gasteiger partial charge on any atom is -0.507 e. The number of aromatic hydroxyl groups is 2. The van der Waals surface area contributed by atoms with Crippen LogP contribution in [0.4, 0.5) is 0 Å². The summed E-state index contributed by atoms with van der Waals surface area (Å²) < 4.78 is 0. The fraction of sp³-hybridized carbons (Fsp3) is 0.391. The molecular formula is C23H30O2. The van der Waals surface area contributed by atoms with Crippen LogP contribution in [0.3, 0.4) is 0 Å². The Morgan fingerprint density at radius 3 is 1.64 bits per heavy atom. The van der Waals surface area contributed by atoms with Crippen LogP contribution in [-0.4, -0.2) is 10.2 Å². The van der Waals surface area contributed by atoms with E-state index in [0.717, 1.165) is 39.8 Å². The first-order valence-corrected chi connectivity index (χ1v) is 8.79. The van der Waals surface area contributed by atoms with Crippen molar-refractivity contribution in [2.75, 3.05) is 0 Å². The van der Waals surface area contributed by atoms with E-state index in [1.165, 1.54) is 0 Å². The fourth-order valence-corrected chi connectivity index (χ4v) is 3.93. The van der Waals surface area contributed by atoms with Gasteiger partial charge in [0.1, 0.15) is 11.5 Å². The Morgan fingerprint density at radius 1 is 0.880 bits per heavy atom. The summed E-state index contributed by atoms with van der Waals surface area (Å²) in [6.07, 6.45) is 2.68. The topological polar surface area (TPSA) is 40.5 Å². The van der Waals surface area contributed by atoms with Crippen LogP contribution in [0.2, 0.25) is 0 Å². The number of allylic oxidation sites excluding steroid dienone is 1. The molecule has 0 amide bonds. The van der Waals surface area contributed by atoms with Gasteiger partial charge in [-0.15, -0.1) is 6.58 Å². The maximum atomic E-state index is 10.8. The van der Waals surface area contributed by atoms with Crippen molar-refractivity contribution in [1.29, 1.82) is 0 Å². The van der Waals surface area contributed by atoms with Gasteiger partial charge in [0, 0.05) is 17.0 Å². The molecule has 0 saturated heterocycles. The van der Waals surface area contributed by atoms with Crippen LogP contribution in [0.15, 0.2) is 36.9 Å². The summed E-state index contributed by atoms with van der Waals surface area (Å²) in [5.74, 6) is 0.486. The van der Waals surface area contributed by atoms with Gasteiger partial charge in [0.05, 0.1) is 0 Å². The monoisotopic (exact) mass is 338 g/mol. The molecule has 2 aromatic carbocycles. The minimum atomic E-state index is -0.211. The molecule has 0 aliphatic carbocycles. The van der Waals surface area contributed by atoms with Crippen LogP contribution >= 0.6 is 0 Å². The maximum absolute atomic E-state index is 10.8. The second-order valence-electron chi connectivity index (χ2n) is 7.95. The molecule has 0 aliphatic rings. The largest absolute Gasteiger partial charge is 0.507 e. The molecule has 0 bridgehead atoms. The Hall–Kier alpha value is -2.22. The molecule has 0 unspecified atom stereocenters. The van der Waals surface area contributed by atoms with Crippen LogP contribution < -0.4 is 0 Å². The van der Waals surface area contributed by atoms with Crippen LogP contribution in [0.5, 0.6) is 11.5 Å². The molecule has 0 radical (unpaired) electrons. The van der Waals surface area contributed by atoms with Gasteiger partial charge in [0.25, 0.3) is 0 Å². The van der Waals surface area contributed by atoms with Gasteiger partial charge in [-0.05, 0) is 50.7 Å². The summed E-state index contributed by atoms with van der Waals surface area (Å²) in [4.78, 5) is 0. The van der Waals surface area contributed by atoms with Crippen molar-refractivity contribution < 1.29 is 10.2 Å². The number of benzene rings is 2. The summed E-state index contributed by atoms with van der Waals surface area (Å²) in [6, 6.07) is 8.04. The molecule has 134 valence electrons. The third kappa shape index (κ3) is 3.73. The Morgan fingerprint density at radius 2 is 1.28 bits per heavy atom. The molecule has 25 heavy (non-hydrogen) atoms. The number of aryl methyl sites for hydroxylation is 4. The van der Waals surface area contributed by atoms with Crippen LogP contribution in [0.1, 0.15) is 59.6 Å². The van der Waals surface area contributed by atoms with Crippen molar-refractivity contribution in [3.05, 3.63) is 70.3 Å².